The number of carbonyl (C=O) groups is 1. The first kappa shape index (κ1) is 22.1. The number of alkyl halides is 3. The van der Waals surface area contributed by atoms with E-state index < -0.39 is 18.0 Å². The molecule has 0 atom stereocenters. The maximum Gasteiger partial charge on any atom is 0.471 e. The Morgan fingerprint density at radius 2 is 1.71 bits per heavy atom. The number of halogens is 3. The second-order valence-electron chi connectivity index (χ2n) is 6.43. The summed E-state index contributed by atoms with van der Waals surface area (Å²) in [5.74, 6) is -1.53. The summed E-state index contributed by atoms with van der Waals surface area (Å²) in [5.41, 5.74) is 1.79. The highest BCUT2D eigenvalue weighted by Crippen LogP contribution is 2.32. The van der Waals surface area contributed by atoms with Crippen molar-refractivity contribution in [3.63, 3.8) is 0 Å². The smallest absolute Gasteiger partial charge is 0.471 e. The Hall–Kier alpha value is -3.57. The first-order valence-electron chi connectivity index (χ1n) is 9.02. The summed E-state index contributed by atoms with van der Waals surface area (Å²) >= 11 is 0. The van der Waals surface area contributed by atoms with Crippen LogP contribution in [-0.4, -0.2) is 41.6 Å². The first-order chi connectivity index (χ1) is 14.7. The van der Waals surface area contributed by atoms with Gasteiger partial charge in [0.1, 0.15) is 5.75 Å². The minimum atomic E-state index is -4.70. The lowest BCUT2D eigenvalue weighted by molar-refractivity contribution is -0.159. The Kier molecular flexibility index (Phi) is 6.47. The molecule has 3 aromatic rings. The molecule has 9 nitrogen and oxygen atoms in total. The third-order valence-corrected chi connectivity index (χ3v) is 4.05. The van der Waals surface area contributed by atoms with Crippen molar-refractivity contribution in [2.24, 2.45) is 0 Å². The zero-order valence-electron chi connectivity index (χ0n) is 16.8. The van der Waals surface area contributed by atoms with E-state index >= 15 is 0 Å². The minimum absolute atomic E-state index is 0.0657. The van der Waals surface area contributed by atoms with E-state index in [0.717, 1.165) is 0 Å². The molecule has 1 aromatic carbocycles. The number of rotatable bonds is 8. The van der Waals surface area contributed by atoms with Crippen molar-refractivity contribution in [2.45, 2.75) is 26.4 Å². The van der Waals surface area contributed by atoms with E-state index in [1.54, 1.807) is 26.0 Å². The molecule has 0 fully saturated rings. The van der Waals surface area contributed by atoms with E-state index in [0.29, 0.717) is 35.5 Å². The van der Waals surface area contributed by atoms with Crippen LogP contribution in [0.15, 0.2) is 27.2 Å². The standard InChI is InChI=1S/C19H18F3N3O6/c1-10-7-12(16-23-18(31-25-16)19(20,21)22)8-11(2)15(10)29-6-4-5-28-14-9-13(30-24-14)17(26)27-3/h7-9H,4-6H2,1-3H3. The molecule has 166 valence electrons. The summed E-state index contributed by atoms with van der Waals surface area (Å²) in [7, 11) is 1.22. The zero-order valence-corrected chi connectivity index (χ0v) is 16.8. The van der Waals surface area contributed by atoms with Gasteiger partial charge >= 0.3 is 18.0 Å². The molecule has 0 saturated carbocycles. The summed E-state index contributed by atoms with van der Waals surface area (Å²) in [6.45, 7) is 4.09. The number of aromatic nitrogens is 3. The first-order valence-corrected chi connectivity index (χ1v) is 9.02. The molecule has 0 aliphatic rings. The number of hydrogen-bond acceptors (Lipinski definition) is 9. The molecule has 0 radical (unpaired) electrons. The Labute approximate surface area is 174 Å². The molecular weight excluding hydrogens is 423 g/mol. The van der Waals surface area contributed by atoms with Crippen LogP contribution in [0.4, 0.5) is 13.2 Å². The molecule has 2 heterocycles. The highest BCUT2D eigenvalue weighted by atomic mass is 19.4. The van der Waals surface area contributed by atoms with Crippen molar-refractivity contribution in [3.8, 4) is 23.0 Å². The van der Waals surface area contributed by atoms with Gasteiger partial charge < -0.3 is 23.3 Å². The third kappa shape index (κ3) is 5.32. The van der Waals surface area contributed by atoms with Crippen LogP contribution in [0.3, 0.4) is 0 Å². The molecule has 0 aliphatic heterocycles. The molecule has 0 spiro atoms. The fourth-order valence-corrected chi connectivity index (χ4v) is 2.70. The topological polar surface area (TPSA) is 110 Å². The predicted molar refractivity (Wildman–Crippen MR) is 97.7 cm³/mol. The summed E-state index contributed by atoms with van der Waals surface area (Å²) in [6, 6.07) is 4.56. The lowest BCUT2D eigenvalue weighted by atomic mass is 10.1. The highest BCUT2D eigenvalue weighted by Gasteiger charge is 2.38. The van der Waals surface area contributed by atoms with Gasteiger partial charge in [-0.05, 0) is 42.3 Å². The minimum Gasteiger partial charge on any atom is -0.493 e. The van der Waals surface area contributed by atoms with Crippen LogP contribution in [0.25, 0.3) is 11.4 Å². The molecule has 0 aliphatic carbocycles. The monoisotopic (exact) mass is 441 g/mol. The van der Waals surface area contributed by atoms with Crippen LogP contribution in [0, 0.1) is 13.8 Å². The number of methoxy groups -OCH3 is 1. The molecule has 31 heavy (non-hydrogen) atoms. The van der Waals surface area contributed by atoms with Crippen LogP contribution < -0.4 is 9.47 Å². The molecule has 0 bridgehead atoms. The number of carbonyl (C=O) groups excluding carboxylic acids is 1. The number of hydrogen-bond donors (Lipinski definition) is 0. The van der Waals surface area contributed by atoms with Gasteiger partial charge in [-0.2, -0.15) is 18.2 Å². The van der Waals surface area contributed by atoms with E-state index in [4.69, 9.17) is 14.0 Å². The number of benzene rings is 1. The molecule has 3 rings (SSSR count). The van der Waals surface area contributed by atoms with E-state index in [1.807, 2.05) is 0 Å². The second kappa shape index (κ2) is 9.06. The summed E-state index contributed by atoms with van der Waals surface area (Å²) in [5, 5.41) is 6.99. The van der Waals surface area contributed by atoms with Crippen LogP contribution >= 0.6 is 0 Å². The fraction of sp³-hybridized carbons (Fsp3) is 0.368. The number of nitrogens with zero attached hydrogens (tertiary/aromatic N) is 3. The van der Waals surface area contributed by atoms with Crippen LogP contribution in [0.5, 0.6) is 11.6 Å². The van der Waals surface area contributed by atoms with Crippen molar-refractivity contribution in [1.82, 2.24) is 15.3 Å². The van der Waals surface area contributed by atoms with Crippen molar-refractivity contribution >= 4 is 5.97 Å². The average molecular weight is 441 g/mol. The third-order valence-electron chi connectivity index (χ3n) is 4.05. The van der Waals surface area contributed by atoms with Gasteiger partial charge in [-0.15, -0.1) is 0 Å². The second-order valence-corrected chi connectivity index (χ2v) is 6.43. The van der Waals surface area contributed by atoms with Gasteiger partial charge in [0.25, 0.3) is 5.88 Å². The Balaban J connectivity index is 1.54. The highest BCUT2D eigenvalue weighted by molar-refractivity contribution is 5.86. The van der Waals surface area contributed by atoms with E-state index in [1.165, 1.54) is 13.2 Å². The number of esters is 1. The number of aryl methyl sites for hydroxylation is 2. The van der Waals surface area contributed by atoms with Gasteiger partial charge in [0, 0.05) is 12.0 Å². The summed E-state index contributed by atoms with van der Waals surface area (Å²) < 4.78 is 62.7. The van der Waals surface area contributed by atoms with E-state index in [-0.39, 0.29) is 24.1 Å². The molecule has 2 aromatic heterocycles. The maximum absolute atomic E-state index is 12.6. The Morgan fingerprint density at radius 1 is 1.03 bits per heavy atom. The van der Waals surface area contributed by atoms with Gasteiger partial charge in [-0.1, -0.05) is 5.16 Å². The van der Waals surface area contributed by atoms with Crippen LogP contribution in [0.2, 0.25) is 0 Å². The zero-order chi connectivity index (χ0) is 22.6. The predicted octanol–water partition coefficient (Wildman–Crippen LogP) is 3.99. The summed E-state index contributed by atoms with van der Waals surface area (Å²) in [6.07, 6.45) is -4.20. The van der Waals surface area contributed by atoms with Crippen molar-refractivity contribution in [2.75, 3.05) is 20.3 Å². The molecule has 12 heteroatoms. The van der Waals surface area contributed by atoms with Gasteiger partial charge in [-0.3, -0.25) is 0 Å². The SMILES string of the molecule is COC(=O)c1cc(OCCCOc2c(C)cc(-c3noc(C(F)(F)F)n3)cc2C)no1. The van der Waals surface area contributed by atoms with Crippen molar-refractivity contribution < 1.29 is 41.2 Å². The van der Waals surface area contributed by atoms with E-state index in [2.05, 4.69) is 24.6 Å². The lowest BCUT2D eigenvalue weighted by Gasteiger charge is -2.13. The van der Waals surface area contributed by atoms with Crippen LogP contribution in [-0.2, 0) is 10.9 Å². The van der Waals surface area contributed by atoms with Crippen molar-refractivity contribution in [1.29, 1.82) is 0 Å². The van der Waals surface area contributed by atoms with Crippen LogP contribution in [0.1, 0.15) is 34.0 Å². The normalized spacial score (nSPS) is 11.4. The molecular formula is C19H18F3N3O6. The van der Waals surface area contributed by atoms with Gasteiger partial charge in [0.05, 0.1) is 26.4 Å². The van der Waals surface area contributed by atoms with Crippen molar-refractivity contribution in [3.05, 3.63) is 41.0 Å². The molecule has 0 amide bonds. The Bertz CT molecular complexity index is 1040. The fourth-order valence-electron chi connectivity index (χ4n) is 2.70. The van der Waals surface area contributed by atoms with Gasteiger partial charge in [0.2, 0.25) is 11.6 Å². The Morgan fingerprint density at radius 3 is 2.32 bits per heavy atom. The lowest BCUT2D eigenvalue weighted by Crippen LogP contribution is -2.07. The van der Waals surface area contributed by atoms with Gasteiger partial charge in [-0.25, -0.2) is 4.79 Å². The molecule has 0 N–H and O–H groups in total. The van der Waals surface area contributed by atoms with E-state index in [9.17, 15) is 18.0 Å². The molecule has 0 saturated heterocycles. The quantitative estimate of drug-likeness (QED) is 0.378. The summed E-state index contributed by atoms with van der Waals surface area (Å²) in [4.78, 5) is 14.7. The average Bonchev–Trinajstić information content (AvgIpc) is 3.38. The number of ether oxygens (including phenoxy) is 3. The largest absolute Gasteiger partial charge is 0.493 e. The van der Waals surface area contributed by atoms with Gasteiger partial charge in [0.15, 0.2) is 0 Å². The maximum atomic E-state index is 12.6. The molecule has 0 unspecified atom stereocenters.